The molecule has 2 aromatic carbocycles. The summed E-state index contributed by atoms with van der Waals surface area (Å²) in [5.41, 5.74) is 12.8. The zero-order valence-electron chi connectivity index (χ0n) is 20.8. The van der Waals surface area contributed by atoms with Crippen LogP contribution in [0.15, 0.2) is 71.8 Å². The first kappa shape index (κ1) is 24.9. The van der Waals surface area contributed by atoms with Gasteiger partial charge in [-0.15, -0.1) is 0 Å². The highest BCUT2D eigenvalue weighted by Crippen LogP contribution is 2.18. The Morgan fingerprint density at radius 3 is 1.94 bits per heavy atom. The van der Waals surface area contributed by atoms with Crippen molar-refractivity contribution in [1.82, 2.24) is 0 Å². The molecule has 0 aliphatic rings. The van der Waals surface area contributed by atoms with Gasteiger partial charge in [0.1, 0.15) is 0 Å². The molecule has 0 aromatic heterocycles. The van der Waals surface area contributed by atoms with Gasteiger partial charge in [-0.3, -0.25) is 0 Å². The summed E-state index contributed by atoms with van der Waals surface area (Å²) in [6.45, 7) is 17.7. The van der Waals surface area contributed by atoms with Crippen LogP contribution in [0.5, 0.6) is 0 Å². The molecule has 2 rings (SSSR count). The van der Waals surface area contributed by atoms with Crippen LogP contribution < -0.4 is 0 Å². The van der Waals surface area contributed by atoms with Crippen LogP contribution in [0.25, 0.3) is 0 Å². The minimum Gasteiger partial charge on any atom is -0.0995 e. The number of allylic oxidation sites excluding steroid dienone is 5. The Balaban J connectivity index is 1.81. The molecule has 0 heteroatoms. The highest BCUT2D eigenvalue weighted by molar-refractivity contribution is 5.33. The van der Waals surface area contributed by atoms with Gasteiger partial charge in [-0.05, 0) is 106 Å². The molecular formula is C31H42. The number of benzene rings is 2. The third-order valence-corrected chi connectivity index (χ3v) is 6.35. The zero-order valence-corrected chi connectivity index (χ0v) is 20.8. The van der Waals surface area contributed by atoms with Crippen molar-refractivity contribution in [1.29, 1.82) is 0 Å². The van der Waals surface area contributed by atoms with Crippen LogP contribution in [0.4, 0.5) is 0 Å². The summed E-state index contributed by atoms with van der Waals surface area (Å²) in [7, 11) is 0. The summed E-state index contributed by atoms with van der Waals surface area (Å²) in [5, 5.41) is 0. The van der Waals surface area contributed by atoms with E-state index in [2.05, 4.69) is 96.7 Å². The van der Waals surface area contributed by atoms with E-state index in [0.717, 1.165) is 44.9 Å². The summed E-state index contributed by atoms with van der Waals surface area (Å²) in [4.78, 5) is 0. The van der Waals surface area contributed by atoms with Crippen molar-refractivity contribution in [3.8, 4) is 0 Å². The molecule has 0 aliphatic carbocycles. The van der Waals surface area contributed by atoms with Gasteiger partial charge in [-0.1, -0.05) is 85.7 Å². The molecule has 0 radical (unpaired) electrons. The van der Waals surface area contributed by atoms with E-state index >= 15 is 0 Å². The Bertz CT molecular complexity index is 937. The van der Waals surface area contributed by atoms with E-state index < -0.39 is 0 Å². The smallest absolute Gasteiger partial charge is 0.00697 e. The molecule has 166 valence electrons. The van der Waals surface area contributed by atoms with Crippen molar-refractivity contribution < 1.29 is 0 Å². The van der Waals surface area contributed by atoms with Crippen LogP contribution in [0.3, 0.4) is 0 Å². The zero-order chi connectivity index (χ0) is 22.8. The third kappa shape index (κ3) is 8.37. The monoisotopic (exact) mass is 414 g/mol. The average molecular weight is 415 g/mol. The molecule has 2 aromatic rings. The summed E-state index contributed by atoms with van der Waals surface area (Å²) in [5.74, 6) is 0. The maximum atomic E-state index is 4.32. The van der Waals surface area contributed by atoms with Gasteiger partial charge in [-0.2, -0.15) is 0 Å². The lowest BCUT2D eigenvalue weighted by Crippen LogP contribution is -1.93. The topological polar surface area (TPSA) is 0 Å². The molecule has 0 saturated heterocycles. The molecule has 31 heavy (non-hydrogen) atoms. The fourth-order valence-electron chi connectivity index (χ4n) is 4.03. The van der Waals surface area contributed by atoms with Gasteiger partial charge < -0.3 is 0 Å². The van der Waals surface area contributed by atoms with Gasteiger partial charge in [0, 0.05) is 0 Å². The molecule has 0 nitrogen and oxygen atoms in total. The highest BCUT2D eigenvalue weighted by atomic mass is 14.1. The molecule has 0 saturated carbocycles. The predicted octanol–water partition coefficient (Wildman–Crippen LogP) is 8.83. The summed E-state index contributed by atoms with van der Waals surface area (Å²) in [6.07, 6.45) is 12.2. The van der Waals surface area contributed by atoms with E-state index in [1.165, 1.54) is 50.1 Å². The number of aryl methyl sites for hydroxylation is 5. The highest BCUT2D eigenvalue weighted by Gasteiger charge is 2.02. The Kier molecular flexibility index (Phi) is 10.0. The standard InChI is InChI=1S/C31H42/c1-8-30-21-28(18-15-26(30)6)17-14-24(4)11-10-23(3)12-13-25(5)20-29-19-16-27(7)31(9-2)22-29/h10,13,15-16,18-19,21-22H,4,8-9,11-12,14,17,20H2,1-3,5-7H3/b23-10-,25-13+. The van der Waals surface area contributed by atoms with Crippen LogP contribution in [0, 0.1) is 13.8 Å². The van der Waals surface area contributed by atoms with Crippen LogP contribution in [0.2, 0.25) is 0 Å². The second kappa shape index (κ2) is 12.5. The van der Waals surface area contributed by atoms with E-state index in [0.29, 0.717) is 0 Å². The summed E-state index contributed by atoms with van der Waals surface area (Å²) >= 11 is 0. The van der Waals surface area contributed by atoms with Crippen molar-refractivity contribution in [2.75, 3.05) is 0 Å². The number of hydrogen-bond donors (Lipinski definition) is 0. The fourth-order valence-corrected chi connectivity index (χ4v) is 4.03. The van der Waals surface area contributed by atoms with E-state index in [9.17, 15) is 0 Å². The maximum Gasteiger partial charge on any atom is -0.00697 e. The molecular weight excluding hydrogens is 372 g/mol. The maximum absolute atomic E-state index is 4.32. The Morgan fingerprint density at radius 1 is 0.774 bits per heavy atom. The SMILES string of the molecule is C=C(C/C=C(/C)C/C=C(\C)Cc1ccc(C)c(CC)c1)CCc1ccc(C)c(CC)c1. The molecule has 0 heterocycles. The molecule has 0 N–H and O–H groups in total. The van der Waals surface area contributed by atoms with Gasteiger partial charge in [-0.25, -0.2) is 0 Å². The molecule has 0 fully saturated rings. The van der Waals surface area contributed by atoms with E-state index in [1.54, 1.807) is 0 Å². The van der Waals surface area contributed by atoms with Crippen molar-refractivity contribution in [3.05, 3.63) is 105 Å². The Hall–Kier alpha value is -2.34. The number of rotatable bonds is 11. The fraction of sp³-hybridized carbons (Fsp3) is 0.419. The first-order chi connectivity index (χ1) is 14.8. The normalized spacial score (nSPS) is 12.3. The van der Waals surface area contributed by atoms with Crippen LogP contribution in [-0.2, 0) is 25.7 Å². The second-order valence-corrected chi connectivity index (χ2v) is 9.16. The molecule has 0 unspecified atom stereocenters. The second-order valence-electron chi connectivity index (χ2n) is 9.16. The number of hydrogen-bond acceptors (Lipinski definition) is 0. The summed E-state index contributed by atoms with van der Waals surface area (Å²) in [6, 6.07) is 13.8. The van der Waals surface area contributed by atoms with Gasteiger partial charge in [0.15, 0.2) is 0 Å². The van der Waals surface area contributed by atoms with Crippen LogP contribution in [-0.4, -0.2) is 0 Å². The van der Waals surface area contributed by atoms with Crippen LogP contribution in [0.1, 0.15) is 80.3 Å². The largest absolute Gasteiger partial charge is 0.0995 e. The first-order valence-electron chi connectivity index (χ1n) is 12.0. The quantitative estimate of drug-likeness (QED) is 0.322. The van der Waals surface area contributed by atoms with Gasteiger partial charge >= 0.3 is 0 Å². The minimum absolute atomic E-state index is 0.989. The predicted molar refractivity (Wildman–Crippen MR) is 139 cm³/mol. The van der Waals surface area contributed by atoms with Crippen molar-refractivity contribution in [3.63, 3.8) is 0 Å². The van der Waals surface area contributed by atoms with Gasteiger partial charge in [0.2, 0.25) is 0 Å². The molecule has 0 atom stereocenters. The summed E-state index contributed by atoms with van der Waals surface area (Å²) < 4.78 is 0. The van der Waals surface area contributed by atoms with Crippen LogP contribution >= 0.6 is 0 Å². The van der Waals surface area contributed by atoms with Gasteiger partial charge in [0.25, 0.3) is 0 Å². The lowest BCUT2D eigenvalue weighted by molar-refractivity contribution is 0.906. The molecule has 0 aliphatic heterocycles. The average Bonchev–Trinajstić information content (AvgIpc) is 2.76. The van der Waals surface area contributed by atoms with Crippen molar-refractivity contribution in [2.24, 2.45) is 0 Å². The molecule has 0 amide bonds. The third-order valence-electron chi connectivity index (χ3n) is 6.35. The molecule has 0 bridgehead atoms. The van der Waals surface area contributed by atoms with Gasteiger partial charge in [0.05, 0.1) is 0 Å². The molecule has 0 spiro atoms. The van der Waals surface area contributed by atoms with E-state index in [4.69, 9.17) is 0 Å². The lowest BCUT2D eigenvalue weighted by atomic mass is 9.97. The van der Waals surface area contributed by atoms with E-state index in [-0.39, 0.29) is 0 Å². The lowest BCUT2D eigenvalue weighted by Gasteiger charge is -2.09. The first-order valence-corrected chi connectivity index (χ1v) is 12.0. The Morgan fingerprint density at radius 2 is 1.32 bits per heavy atom. The minimum atomic E-state index is 0.989. The Labute approximate surface area is 191 Å². The van der Waals surface area contributed by atoms with E-state index in [1.807, 2.05) is 0 Å². The van der Waals surface area contributed by atoms with Crippen molar-refractivity contribution >= 4 is 0 Å². The van der Waals surface area contributed by atoms with Crippen molar-refractivity contribution in [2.45, 2.75) is 86.5 Å².